The number of amides is 1. The first-order valence-corrected chi connectivity index (χ1v) is 10.7. The van der Waals surface area contributed by atoms with E-state index in [0.29, 0.717) is 25.5 Å². The average Bonchev–Trinajstić information content (AvgIpc) is 3.49. The fourth-order valence-corrected chi connectivity index (χ4v) is 3.63. The van der Waals surface area contributed by atoms with Crippen LogP contribution in [0.3, 0.4) is 0 Å². The number of aliphatic imine (C=N–C) groups is 1. The maximum absolute atomic E-state index is 11.9. The molecule has 3 aromatic rings. The number of carbonyl (C=O) groups excluding carboxylic acids is 1. The van der Waals surface area contributed by atoms with Gasteiger partial charge < -0.3 is 20.3 Å². The molecule has 2 heterocycles. The van der Waals surface area contributed by atoms with Crippen molar-refractivity contribution in [3.63, 3.8) is 0 Å². The van der Waals surface area contributed by atoms with Crippen molar-refractivity contribution in [3.8, 4) is 11.4 Å². The van der Waals surface area contributed by atoms with Crippen LogP contribution in [0.15, 0.2) is 65.8 Å². The second kappa shape index (κ2) is 11.7. The highest BCUT2D eigenvalue weighted by atomic mass is 127. The van der Waals surface area contributed by atoms with E-state index in [0.717, 1.165) is 41.3 Å². The number of methoxy groups -OCH3 is 1. The van der Waals surface area contributed by atoms with Crippen molar-refractivity contribution >= 4 is 41.5 Å². The zero-order valence-corrected chi connectivity index (χ0v) is 21.2. The molecule has 4 rings (SSSR count). The van der Waals surface area contributed by atoms with Crippen molar-refractivity contribution in [3.05, 3.63) is 72.1 Å². The molecule has 1 saturated heterocycles. The van der Waals surface area contributed by atoms with E-state index >= 15 is 0 Å². The summed E-state index contributed by atoms with van der Waals surface area (Å²) in [6.45, 7) is 1.99. The normalized spacial score (nSPS) is 13.6. The van der Waals surface area contributed by atoms with Gasteiger partial charge in [-0.2, -0.15) is 5.10 Å². The molecule has 174 valence electrons. The van der Waals surface area contributed by atoms with E-state index in [4.69, 9.17) is 4.74 Å². The molecule has 33 heavy (non-hydrogen) atoms. The Bertz CT molecular complexity index is 1080. The number of hydrogen-bond acceptors (Lipinski definition) is 4. The largest absolute Gasteiger partial charge is 0.497 e. The van der Waals surface area contributed by atoms with Crippen LogP contribution in [0.1, 0.15) is 24.1 Å². The zero-order valence-electron chi connectivity index (χ0n) is 18.8. The van der Waals surface area contributed by atoms with Crippen LogP contribution >= 0.6 is 24.0 Å². The van der Waals surface area contributed by atoms with Crippen LogP contribution in [0.5, 0.6) is 5.75 Å². The minimum atomic E-state index is 0. The molecule has 0 aliphatic carbocycles. The third-order valence-electron chi connectivity index (χ3n) is 5.42. The molecule has 8 nitrogen and oxygen atoms in total. The van der Waals surface area contributed by atoms with Crippen molar-refractivity contribution in [1.29, 1.82) is 0 Å². The first-order chi connectivity index (χ1) is 15.7. The Balaban J connectivity index is 0.00000306. The first-order valence-electron chi connectivity index (χ1n) is 10.7. The Kier molecular flexibility index (Phi) is 8.70. The molecule has 1 fully saturated rings. The molecule has 1 aliphatic rings. The molecule has 0 atom stereocenters. The quantitative estimate of drug-likeness (QED) is 0.263. The van der Waals surface area contributed by atoms with Crippen LogP contribution < -0.4 is 20.3 Å². The number of guanidine groups is 1. The third-order valence-corrected chi connectivity index (χ3v) is 5.42. The molecule has 0 spiro atoms. The monoisotopic (exact) mass is 560 g/mol. The number of ether oxygens (including phenoxy) is 1. The Hall–Kier alpha value is -3.08. The smallest absolute Gasteiger partial charge is 0.227 e. The Morgan fingerprint density at radius 2 is 1.73 bits per heavy atom. The minimum absolute atomic E-state index is 0. The molecule has 1 amide bonds. The van der Waals surface area contributed by atoms with Crippen LogP contribution in [0.25, 0.3) is 5.69 Å². The summed E-state index contributed by atoms with van der Waals surface area (Å²) in [5, 5.41) is 11.2. The summed E-state index contributed by atoms with van der Waals surface area (Å²) in [7, 11) is 3.40. The Morgan fingerprint density at radius 3 is 2.36 bits per heavy atom. The lowest BCUT2D eigenvalue weighted by Gasteiger charge is -2.16. The summed E-state index contributed by atoms with van der Waals surface area (Å²) in [6, 6.07) is 17.8. The number of rotatable bonds is 7. The van der Waals surface area contributed by atoms with Gasteiger partial charge in [-0.05, 0) is 54.4 Å². The van der Waals surface area contributed by atoms with E-state index in [1.807, 2.05) is 70.4 Å². The number of anilines is 1. The SMILES string of the molecule is CN=C(NCc1ccc(N2CCCC2=O)cc1)NCc1ccn(-c2ccc(OC)cc2)n1.I. The van der Waals surface area contributed by atoms with Gasteiger partial charge >= 0.3 is 0 Å². The number of aromatic nitrogens is 2. The molecular weight excluding hydrogens is 531 g/mol. The molecule has 0 unspecified atom stereocenters. The second-order valence-corrected chi connectivity index (χ2v) is 7.54. The van der Waals surface area contributed by atoms with Gasteiger partial charge in [0.2, 0.25) is 5.91 Å². The average molecular weight is 560 g/mol. The molecule has 1 aliphatic heterocycles. The van der Waals surface area contributed by atoms with Gasteiger partial charge in [-0.25, -0.2) is 4.68 Å². The first kappa shape index (κ1) is 24.6. The van der Waals surface area contributed by atoms with Gasteiger partial charge in [-0.3, -0.25) is 9.79 Å². The van der Waals surface area contributed by atoms with Crippen LogP contribution in [0.2, 0.25) is 0 Å². The van der Waals surface area contributed by atoms with E-state index in [1.165, 1.54) is 0 Å². The number of benzene rings is 2. The molecule has 0 bridgehead atoms. The lowest BCUT2D eigenvalue weighted by molar-refractivity contribution is -0.117. The van der Waals surface area contributed by atoms with Crippen molar-refractivity contribution in [2.75, 3.05) is 25.6 Å². The van der Waals surface area contributed by atoms with Crippen LogP contribution in [-0.4, -0.2) is 42.3 Å². The number of nitrogens with zero attached hydrogens (tertiary/aromatic N) is 4. The van der Waals surface area contributed by atoms with Crippen molar-refractivity contribution < 1.29 is 9.53 Å². The lowest BCUT2D eigenvalue weighted by atomic mass is 10.2. The van der Waals surface area contributed by atoms with E-state index in [2.05, 4.69) is 20.7 Å². The summed E-state index contributed by atoms with van der Waals surface area (Å²) in [5.74, 6) is 1.72. The molecular formula is C24H29IN6O2. The highest BCUT2D eigenvalue weighted by Gasteiger charge is 2.21. The van der Waals surface area contributed by atoms with E-state index in [9.17, 15) is 4.79 Å². The zero-order chi connectivity index (χ0) is 22.3. The van der Waals surface area contributed by atoms with Gasteiger partial charge in [0.05, 0.1) is 25.0 Å². The topological polar surface area (TPSA) is 83.8 Å². The summed E-state index contributed by atoms with van der Waals surface area (Å²) in [5.41, 5.74) is 3.96. The van der Waals surface area contributed by atoms with Gasteiger partial charge in [0.25, 0.3) is 0 Å². The number of carbonyl (C=O) groups is 1. The van der Waals surface area contributed by atoms with Gasteiger partial charge in [0.15, 0.2) is 5.96 Å². The predicted molar refractivity (Wildman–Crippen MR) is 141 cm³/mol. The third kappa shape index (κ3) is 6.25. The number of nitrogens with one attached hydrogen (secondary N) is 2. The summed E-state index contributed by atoms with van der Waals surface area (Å²) in [6.07, 6.45) is 3.51. The summed E-state index contributed by atoms with van der Waals surface area (Å²) >= 11 is 0. The van der Waals surface area contributed by atoms with Gasteiger partial charge in [0.1, 0.15) is 5.75 Å². The molecule has 2 N–H and O–H groups in total. The molecule has 1 aromatic heterocycles. The molecule has 2 aromatic carbocycles. The van der Waals surface area contributed by atoms with Crippen LogP contribution in [-0.2, 0) is 17.9 Å². The van der Waals surface area contributed by atoms with Crippen LogP contribution in [0.4, 0.5) is 5.69 Å². The van der Waals surface area contributed by atoms with Gasteiger partial charge in [-0.15, -0.1) is 24.0 Å². The van der Waals surface area contributed by atoms with E-state index in [1.54, 1.807) is 14.2 Å². The van der Waals surface area contributed by atoms with E-state index < -0.39 is 0 Å². The standard InChI is InChI=1S/C24H28N6O2.HI/c1-25-24(26-16-18-5-7-20(8-6-18)29-14-3-4-23(29)31)27-17-19-13-15-30(28-19)21-9-11-22(32-2)12-10-21;/h5-13,15H,3-4,14,16-17H2,1-2H3,(H2,25,26,27);1H. The Morgan fingerprint density at radius 1 is 1.03 bits per heavy atom. The van der Waals surface area contributed by atoms with Gasteiger partial charge in [0, 0.05) is 38.4 Å². The lowest BCUT2D eigenvalue weighted by Crippen LogP contribution is -2.36. The summed E-state index contributed by atoms with van der Waals surface area (Å²) in [4.78, 5) is 18.0. The molecule has 0 saturated carbocycles. The highest BCUT2D eigenvalue weighted by Crippen LogP contribution is 2.21. The Labute approximate surface area is 211 Å². The van der Waals surface area contributed by atoms with Crippen LogP contribution in [0, 0.1) is 0 Å². The van der Waals surface area contributed by atoms with Gasteiger partial charge in [-0.1, -0.05) is 12.1 Å². The maximum Gasteiger partial charge on any atom is 0.227 e. The predicted octanol–water partition coefficient (Wildman–Crippen LogP) is 3.49. The minimum Gasteiger partial charge on any atom is -0.497 e. The molecule has 0 radical (unpaired) electrons. The van der Waals surface area contributed by atoms with Crippen molar-refractivity contribution in [2.24, 2.45) is 4.99 Å². The second-order valence-electron chi connectivity index (χ2n) is 7.54. The molecule has 9 heteroatoms. The van der Waals surface area contributed by atoms with E-state index in [-0.39, 0.29) is 29.9 Å². The maximum atomic E-state index is 11.9. The number of hydrogen-bond donors (Lipinski definition) is 2. The van der Waals surface area contributed by atoms with Crippen molar-refractivity contribution in [2.45, 2.75) is 25.9 Å². The number of halogens is 1. The summed E-state index contributed by atoms with van der Waals surface area (Å²) < 4.78 is 7.03. The van der Waals surface area contributed by atoms with Crippen molar-refractivity contribution in [1.82, 2.24) is 20.4 Å². The fourth-order valence-electron chi connectivity index (χ4n) is 3.63. The highest BCUT2D eigenvalue weighted by molar-refractivity contribution is 14.0. The fraction of sp³-hybridized carbons (Fsp3) is 0.292.